The Morgan fingerprint density at radius 3 is 3.00 bits per heavy atom. The second-order valence-corrected chi connectivity index (χ2v) is 1.34. The second kappa shape index (κ2) is 4.33. The summed E-state index contributed by atoms with van der Waals surface area (Å²) in [6.45, 7) is 3.91. The lowest BCUT2D eigenvalue weighted by atomic mass is 10.4. The van der Waals surface area contributed by atoms with Gasteiger partial charge in [-0.3, -0.25) is 0 Å². The van der Waals surface area contributed by atoms with Gasteiger partial charge in [0.2, 0.25) is 0 Å². The highest BCUT2D eigenvalue weighted by Gasteiger charge is 1.83. The quantitative estimate of drug-likeness (QED) is 0.333. The molecule has 0 aromatic rings. The van der Waals surface area contributed by atoms with E-state index in [9.17, 15) is 0 Å². The predicted molar refractivity (Wildman–Crippen MR) is 31.3 cm³/mol. The van der Waals surface area contributed by atoms with E-state index >= 15 is 0 Å². The molecule has 0 rings (SSSR count). The Labute approximate surface area is 48.3 Å². The molecule has 0 amide bonds. The highest BCUT2D eigenvalue weighted by Crippen LogP contribution is 1.82. The standard InChI is InChI=1S/C5H9NO2/c1-5(3-6-7)4-8-2/h3,7H,1,4H2,2H3. The van der Waals surface area contributed by atoms with Crippen molar-refractivity contribution in [2.75, 3.05) is 13.7 Å². The lowest BCUT2D eigenvalue weighted by Crippen LogP contribution is -1.92. The first-order valence-electron chi connectivity index (χ1n) is 2.15. The molecule has 0 aliphatic carbocycles. The van der Waals surface area contributed by atoms with Gasteiger partial charge in [0.05, 0.1) is 12.8 Å². The molecule has 0 aliphatic rings. The largest absolute Gasteiger partial charge is 0.411 e. The first kappa shape index (κ1) is 7.17. The zero-order valence-electron chi connectivity index (χ0n) is 4.79. The first-order valence-corrected chi connectivity index (χ1v) is 2.15. The minimum absolute atomic E-state index is 0.407. The summed E-state index contributed by atoms with van der Waals surface area (Å²) in [5.74, 6) is 0. The molecule has 3 nitrogen and oxygen atoms in total. The van der Waals surface area contributed by atoms with E-state index in [1.807, 2.05) is 0 Å². The van der Waals surface area contributed by atoms with Crippen LogP contribution in [0, 0.1) is 0 Å². The zero-order chi connectivity index (χ0) is 6.41. The monoisotopic (exact) mass is 115 g/mol. The summed E-state index contributed by atoms with van der Waals surface area (Å²) in [5.41, 5.74) is 0.648. The number of rotatable bonds is 3. The van der Waals surface area contributed by atoms with Crippen LogP contribution in [0.2, 0.25) is 0 Å². The molecule has 0 bridgehead atoms. The van der Waals surface area contributed by atoms with Crippen LogP contribution < -0.4 is 0 Å². The summed E-state index contributed by atoms with van der Waals surface area (Å²) in [7, 11) is 1.55. The lowest BCUT2D eigenvalue weighted by molar-refractivity contribution is 0.229. The van der Waals surface area contributed by atoms with Crippen LogP contribution in [0.5, 0.6) is 0 Å². The fourth-order valence-corrected chi connectivity index (χ4v) is 0.304. The van der Waals surface area contributed by atoms with Gasteiger partial charge in [-0.05, 0) is 5.57 Å². The Kier molecular flexibility index (Phi) is 3.88. The van der Waals surface area contributed by atoms with Gasteiger partial charge in [-0.1, -0.05) is 11.7 Å². The number of hydrogen-bond acceptors (Lipinski definition) is 3. The Hall–Kier alpha value is -0.830. The number of methoxy groups -OCH3 is 1. The first-order chi connectivity index (χ1) is 3.81. The SMILES string of the molecule is C=C(C=NO)COC. The van der Waals surface area contributed by atoms with Crippen molar-refractivity contribution in [3.63, 3.8) is 0 Å². The van der Waals surface area contributed by atoms with Gasteiger partial charge in [0.15, 0.2) is 0 Å². The van der Waals surface area contributed by atoms with Crippen LogP contribution in [0.1, 0.15) is 0 Å². The van der Waals surface area contributed by atoms with Gasteiger partial charge in [-0.25, -0.2) is 0 Å². The van der Waals surface area contributed by atoms with E-state index < -0.39 is 0 Å². The number of hydrogen-bond donors (Lipinski definition) is 1. The fraction of sp³-hybridized carbons (Fsp3) is 0.400. The van der Waals surface area contributed by atoms with Gasteiger partial charge in [0.25, 0.3) is 0 Å². The molecule has 8 heavy (non-hydrogen) atoms. The molecule has 0 unspecified atom stereocenters. The zero-order valence-corrected chi connectivity index (χ0v) is 4.79. The fourth-order valence-electron chi connectivity index (χ4n) is 0.304. The van der Waals surface area contributed by atoms with Crippen LogP contribution >= 0.6 is 0 Å². The van der Waals surface area contributed by atoms with Crippen molar-refractivity contribution in [3.8, 4) is 0 Å². The molecule has 1 N–H and O–H groups in total. The van der Waals surface area contributed by atoms with Crippen molar-refractivity contribution in [1.29, 1.82) is 0 Å². The number of ether oxygens (including phenoxy) is 1. The molecule has 0 spiro atoms. The summed E-state index contributed by atoms with van der Waals surface area (Å²) in [6, 6.07) is 0. The van der Waals surface area contributed by atoms with E-state index in [-0.39, 0.29) is 0 Å². The average Bonchev–Trinajstić information content (AvgIpc) is 1.68. The number of nitrogens with zero attached hydrogens (tertiary/aromatic N) is 1. The third kappa shape index (κ3) is 3.36. The molecule has 0 aromatic heterocycles. The molecule has 46 valence electrons. The van der Waals surface area contributed by atoms with Crippen LogP contribution in [0.4, 0.5) is 0 Å². The molecule has 0 radical (unpaired) electrons. The molecular weight excluding hydrogens is 106 g/mol. The van der Waals surface area contributed by atoms with E-state index in [4.69, 9.17) is 5.21 Å². The highest BCUT2D eigenvalue weighted by atomic mass is 16.5. The van der Waals surface area contributed by atoms with E-state index in [1.165, 1.54) is 6.21 Å². The maximum atomic E-state index is 7.92. The van der Waals surface area contributed by atoms with Crippen molar-refractivity contribution in [2.45, 2.75) is 0 Å². The summed E-state index contributed by atoms with van der Waals surface area (Å²) in [6.07, 6.45) is 1.24. The summed E-state index contributed by atoms with van der Waals surface area (Å²) >= 11 is 0. The molecular formula is C5H9NO2. The summed E-state index contributed by atoms with van der Waals surface area (Å²) < 4.78 is 4.65. The maximum absolute atomic E-state index is 7.92. The number of oxime groups is 1. The molecule has 0 saturated carbocycles. The van der Waals surface area contributed by atoms with E-state index in [0.29, 0.717) is 12.2 Å². The summed E-state index contributed by atoms with van der Waals surface area (Å²) in [5, 5.41) is 10.7. The average molecular weight is 115 g/mol. The Balaban J connectivity index is 3.33. The van der Waals surface area contributed by atoms with Crippen LogP contribution in [0.25, 0.3) is 0 Å². The third-order valence-electron chi connectivity index (χ3n) is 0.570. The lowest BCUT2D eigenvalue weighted by Gasteiger charge is -1.91. The molecule has 0 fully saturated rings. The van der Waals surface area contributed by atoms with Crippen molar-refractivity contribution in [1.82, 2.24) is 0 Å². The van der Waals surface area contributed by atoms with Crippen molar-refractivity contribution >= 4 is 6.21 Å². The van der Waals surface area contributed by atoms with Crippen molar-refractivity contribution in [3.05, 3.63) is 12.2 Å². The second-order valence-electron chi connectivity index (χ2n) is 1.34. The smallest absolute Gasteiger partial charge is 0.0723 e. The minimum Gasteiger partial charge on any atom is -0.411 e. The molecule has 3 heteroatoms. The van der Waals surface area contributed by atoms with Gasteiger partial charge in [0, 0.05) is 7.11 Å². The van der Waals surface area contributed by atoms with Gasteiger partial charge >= 0.3 is 0 Å². The van der Waals surface area contributed by atoms with Gasteiger partial charge in [-0.15, -0.1) is 0 Å². The normalized spacial score (nSPS) is 10.1. The Morgan fingerprint density at radius 2 is 2.62 bits per heavy atom. The van der Waals surface area contributed by atoms with E-state index in [1.54, 1.807) is 7.11 Å². The van der Waals surface area contributed by atoms with Crippen LogP contribution in [-0.2, 0) is 4.74 Å². The third-order valence-corrected chi connectivity index (χ3v) is 0.570. The molecule has 0 atom stereocenters. The van der Waals surface area contributed by atoms with E-state index in [2.05, 4.69) is 16.5 Å². The topological polar surface area (TPSA) is 41.8 Å². The Morgan fingerprint density at radius 1 is 2.00 bits per heavy atom. The van der Waals surface area contributed by atoms with Crippen LogP contribution in [-0.4, -0.2) is 25.1 Å². The minimum atomic E-state index is 0.407. The van der Waals surface area contributed by atoms with E-state index in [0.717, 1.165) is 0 Å². The molecule has 0 aliphatic heterocycles. The van der Waals surface area contributed by atoms with Crippen molar-refractivity contribution < 1.29 is 9.94 Å². The summed E-state index contributed by atoms with van der Waals surface area (Å²) in [4.78, 5) is 0. The van der Waals surface area contributed by atoms with Crippen LogP contribution in [0.15, 0.2) is 17.3 Å². The van der Waals surface area contributed by atoms with Crippen LogP contribution in [0.3, 0.4) is 0 Å². The highest BCUT2D eigenvalue weighted by molar-refractivity contribution is 5.77. The maximum Gasteiger partial charge on any atom is 0.0723 e. The Bertz CT molecular complexity index is 98.6. The van der Waals surface area contributed by atoms with Gasteiger partial charge in [0.1, 0.15) is 0 Å². The van der Waals surface area contributed by atoms with Gasteiger partial charge in [-0.2, -0.15) is 0 Å². The molecule has 0 heterocycles. The molecule has 0 aromatic carbocycles. The van der Waals surface area contributed by atoms with Gasteiger partial charge < -0.3 is 9.94 Å². The van der Waals surface area contributed by atoms with Crippen molar-refractivity contribution in [2.24, 2.45) is 5.16 Å². The molecule has 0 saturated heterocycles. The predicted octanol–water partition coefficient (Wildman–Crippen LogP) is 0.649.